The number of carbonyl (C=O) groups is 2. The molecule has 4 aromatic rings. The Morgan fingerprint density at radius 1 is 1.02 bits per heavy atom. The van der Waals surface area contributed by atoms with Gasteiger partial charge in [-0.15, -0.1) is 5.10 Å². The zero-order valence-corrected chi connectivity index (χ0v) is 23.5. The quantitative estimate of drug-likeness (QED) is 0.354. The van der Waals surface area contributed by atoms with E-state index in [1.165, 1.54) is 11.6 Å². The fraction of sp³-hybridized carbons (Fsp3) is 0.387. The summed E-state index contributed by atoms with van der Waals surface area (Å²) in [7, 11) is 0. The van der Waals surface area contributed by atoms with Crippen molar-refractivity contribution in [3.8, 4) is 0 Å². The number of benzene rings is 1. The van der Waals surface area contributed by atoms with Crippen LogP contribution in [0.4, 0.5) is 11.5 Å². The lowest BCUT2D eigenvalue weighted by Gasteiger charge is -2.32. The number of pyridine rings is 2. The molecular weight excluding hydrogens is 518 g/mol. The van der Waals surface area contributed by atoms with E-state index >= 15 is 0 Å². The van der Waals surface area contributed by atoms with E-state index in [1.807, 2.05) is 19.2 Å². The summed E-state index contributed by atoms with van der Waals surface area (Å²) in [5, 5.41) is 16.8. The van der Waals surface area contributed by atoms with E-state index in [1.54, 1.807) is 10.6 Å². The van der Waals surface area contributed by atoms with Crippen molar-refractivity contribution in [1.82, 2.24) is 24.9 Å². The number of hydrogen-bond donors (Lipinski definition) is 2. The number of carboxylic acids is 1. The number of fused-ring (bicyclic) bond motifs is 1. The van der Waals surface area contributed by atoms with Crippen molar-refractivity contribution in [1.29, 1.82) is 0 Å². The number of aromatic carboxylic acids is 1. The molecule has 1 atom stereocenters. The molecule has 0 saturated carbocycles. The third-order valence-electron chi connectivity index (χ3n) is 8.56. The summed E-state index contributed by atoms with van der Waals surface area (Å²) in [5.41, 5.74) is 4.25. The highest BCUT2D eigenvalue weighted by Crippen LogP contribution is 2.36. The predicted octanol–water partition coefficient (Wildman–Crippen LogP) is 3.95. The van der Waals surface area contributed by atoms with Gasteiger partial charge >= 0.3 is 5.97 Å². The molecular formula is C31H35N7O3. The molecule has 1 amide bonds. The SMILES string of the molecule is Cc1cc(N2CC[C@](C)(c3ccccc3)C2)cn2nc(C(=O)NCC3CCN(c4cccc(C(=O)O)n4)CC3)nc12. The Hall–Kier alpha value is -4.47. The summed E-state index contributed by atoms with van der Waals surface area (Å²) < 4.78 is 1.73. The van der Waals surface area contributed by atoms with E-state index in [-0.39, 0.29) is 22.8 Å². The molecule has 0 spiro atoms. The zero-order chi connectivity index (χ0) is 28.6. The average molecular weight is 554 g/mol. The summed E-state index contributed by atoms with van der Waals surface area (Å²) in [6.07, 6.45) is 4.80. The summed E-state index contributed by atoms with van der Waals surface area (Å²) in [4.78, 5) is 37.5. The third kappa shape index (κ3) is 5.46. The number of carboxylic acid groups (broad SMARTS) is 1. The van der Waals surface area contributed by atoms with Crippen LogP contribution in [0.3, 0.4) is 0 Å². The molecule has 5 heterocycles. The number of aryl methyl sites for hydroxylation is 1. The maximum atomic E-state index is 13.0. The van der Waals surface area contributed by atoms with Gasteiger partial charge in [-0.2, -0.15) is 0 Å². The van der Waals surface area contributed by atoms with Gasteiger partial charge in [0.25, 0.3) is 5.91 Å². The topological polar surface area (TPSA) is 116 Å². The Balaban J connectivity index is 1.07. The van der Waals surface area contributed by atoms with Gasteiger partial charge in [0.1, 0.15) is 5.82 Å². The van der Waals surface area contributed by atoms with Crippen LogP contribution in [0, 0.1) is 12.8 Å². The van der Waals surface area contributed by atoms with Gasteiger partial charge < -0.3 is 20.2 Å². The molecule has 0 bridgehead atoms. The number of nitrogens with one attached hydrogen (secondary N) is 1. The van der Waals surface area contributed by atoms with Gasteiger partial charge in [0, 0.05) is 38.1 Å². The number of amides is 1. The summed E-state index contributed by atoms with van der Waals surface area (Å²) >= 11 is 0. The largest absolute Gasteiger partial charge is 0.477 e. The Bertz CT molecular complexity index is 1580. The molecule has 0 aliphatic carbocycles. The highest BCUT2D eigenvalue weighted by Gasteiger charge is 2.35. The van der Waals surface area contributed by atoms with Crippen LogP contribution in [-0.4, -0.2) is 69.3 Å². The smallest absolute Gasteiger partial charge is 0.354 e. The lowest BCUT2D eigenvalue weighted by Crippen LogP contribution is -2.39. The van der Waals surface area contributed by atoms with Crippen molar-refractivity contribution in [3.05, 3.63) is 83.4 Å². The van der Waals surface area contributed by atoms with Crippen LogP contribution < -0.4 is 15.1 Å². The second-order valence-corrected chi connectivity index (χ2v) is 11.5. The Morgan fingerprint density at radius 3 is 2.56 bits per heavy atom. The van der Waals surface area contributed by atoms with E-state index in [9.17, 15) is 14.7 Å². The van der Waals surface area contributed by atoms with Crippen molar-refractivity contribution in [2.45, 2.75) is 38.5 Å². The van der Waals surface area contributed by atoms with Crippen LogP contribution >= 0.6 is 0 Å². The molecule has 10 heteroatoms. The van der Waals surface area contributed by atoms with Crippen LogP contribution in [0.15, 0.2) is 60.8 Å². The van der Waals surface area contributed by atoms with Crippen LogP contribution in [0.1, 0.15) is 58.4 Å². The van der Waals surface area contributed by atoms with Crippen molar-refractivity contribution >= 4 is 29.0 Å². The molecule has 6 rings (SSSR count). The summed E-state index contributed by atoms with van der Waals surface area (Å²) in [5.74, 6) is -0.135. The van der Waals surface area contributed by atoms with Gasteiger partial charge in [0.15, 0.2) is 11.3 Å². The molecule has 2 fully saturated rings. The van der Waals surface area contributed by atoms with Crippen molar-refractivity contribution < 1.29 is 14.7 Å². The minimum absolute atomic E-state index is 0.0466. The summed E-state index contributed by atoms with van der Waals surface area (Å²) in [6.45, 7) is 8.26. The summed E-state index contributed by atoms with van der Waals surface area (Å²) in [6, 6.07) is 17.9. The molecule has 1 aromatic carbocycles. The second kappa shape index (κ2) is 10.8. The first-order chi connectivity index (χ1) is 19.8. The standard InChI is InChI=1S/C31H35N7O3/c1-21-17-24(37-16-13-31(2,20-37)23-7-4-3-5-8-23)19-38-28(21)34-27(35-38)29(39)32-18-22-11-14-36(15-12-22)26-10-6-9-25(33-26)30(40)41/h3-10,17,19,22H,11-16,18,20H2,1-2H3,(H,32,39)(H,40,41)/t31-/m0/s1. The van der Waals surface area contributed by atoms with Crippen molar-refractivity contribution in [2.75, 3.05) is 42.5 Å². The number of hydrogen-bond acceptors (Lipinski definition) is 7. The first-order valence-electron chi connectivity index (χ1n) is 14.2. The Morgan fingerprint density at radius 2 is 1.80 bits per heavy atom. The molecule has 0 unspecified atom stereocenters. The third-order valence-corrected chi connectivity index (χ3v) is 8.56. The van der Waals surface area contributed by atoms with Gasteiger partial charge in [-0.1, -0.05) is 43.3 Å². The molecule has 2 saturated heterocycles. The van der Waals surface area contributed by atoms with E-state index in [4.69, 9.17) is 0 Å². The van der Waals surface area contributed by atoms with E-state index in [0.29, 0.717) is 23.9 Å². The molecule has 212 valence electrons. The normalized spacial score (nSPS) is 19.6. The minimum atomic E-state index is -1.03. The molecule has 10 nitrogen and oxygen atoms in total. The van der Waals surface area contributed by atoms with Crippen LogP contribution in [-0.2, 0) is 5.41 Å². The van der Waals surface area contributed by atoms with Gasteiger partial charge in [0.2, 0.25) is 5.82 Å². The first-order valence-corrected chi connectivity index (χ1v) is 14.2. The van der Waals surface area contributed by atoms with E-state index in [0.717, 1.165) is 56.7 Å². The molecule has 2 aliphatic heterocycles. The Labute approximate surface area is 239 Å². The number of carbonyl (C=O) groups excluding carboxylic acids is 1. The van der Waals surface area contributed by atoms with E-state index in [2.05, 4.69) is 73.5 Å². The maximum Gasteiger partial charge on any atom is 0.354 e. The van der Waals surface area contributed by atoms with Gasteiger partial charge in [-0.3, -0.25) is 4.79 Å². The zero-order valence-electron chi connectivity index (χ0n) is 23.5. The number of aromatic nitrogens is 4. The minimum Gasteiger partial charge on any atom is -0.477 e. The van der Waals surface area contributed by atoms with Crippen LogP contribution in [0.2, 0.25) is 0 Å². The number of rotatable bonds is 7. The van der Waals surface area contributed by atoms with Gasteiger partial charge in [-0.25, -0.2) is 19.3 Å². The highest BCUT2D eigenvalue weighted by molar-refractivity contribution is 5.91. The van der Waals surface area contributed by atoms with Crippen LogP contribution in [0.5, 0.6) is 0 Å². The molecule has 2 N–H and O–H groups in total. The van der Waals surface area contributed by atoms with Crippen molar-refractivity contribution in [2.24, 2.45) is 5.92 Å². The Kier molecular flexibility index (Phi) is 7.07. The number of piperidine rings is 1. The first kappa shape index (κ1) is 26.7. The van der Waals surface area contributed by atoms with E-state index < -0.39 is 5.97 Å². The molecule has 2 aliphatic rings. The predicted molar refractivity (Wildman–Crippen MR) is 157 cm³/mol. The maximum absolute atomic E-state index is 13.0. The highest BCUT2D eigenvalue weighted by atomic mass is 16.4. The van der Waals surface area contributed by atoms with Crippen LogP contribution in [0.25, 0.3) is 5.65 Å². The van der Waals surface area contributed by atoms with Gasteiger partial charge in [-0.05, 0) is 61.4 Å². The monoisotopic (exact) mass is 553 g/mol. The van der Waals surface area contributed by atoms with Crippen molar-refractivity contribution in [3.63, 3.8) is 0 Å². The number of nitrogens with zero attached hydrogens (tertiary/aromatic N) is 6. The fourth-order valence-corrected chi connectivity index (χ4v) is 6.06. The number of anilines is 2. The molecule has 41 heavy (non-hydrogen) atoms. The molecule has 0 radical (unpaired) electrons. The second-order valence-electron chi connectivity index (χ2n) is 11.5. The fourth-order valence-electron chi connectivity index (χ4n) is 6.06. The average Bonchev–Trinajstić information content (AvgIpc) is 3.62. The van der Waals surface area contributed by atoms with Gasteiger partial charge in [0.05, 0.1) is 11.9 Å². The lowest BCUT2D eigenvalue weighted by molar-refractivity contribution is 0.0690. The lowest BCUT2D eigenvalue weighted by atomic mass is 9.82. The molecule has 3 aromatic heterocycles.